The molecule has 226 valence electrons. The van der Waals surface area contributed by atoms with Gasteiger partial charge in [-0.2, -0.15) is 0 Å². The van der Waals surface area contributed by atoms with E-state index >= 15 is 0 Å². The summed E-state index contributed by atoms with van der Waals surface area (Å²) in [6.07, 6.45) is 0. The number of nitrogens with zero attached hydrogens (tertiary/aromatic N) is 2. The van der Waals surface area contributed by atoms with Crippen molar-refractivity contribution in [1.29, 1.82) is 0 Å². The summed E-state index contributed by atoms with van der Waals surface area (Å²) in [4.78, 5) is 0. The van der Waals surface area contributed by atoms with Gasteiger partial charge < -0.3 is 4.42 Å². The Kier molecular flexibility index (Phi) is 6.43. The van der Waals surface area contributed by atoms with Gasteiger partial charge in [-0.05, 0) is 134 Å². The highest BCUT2D eigenvalue weighted by molar-refractivity contribution is 7.26. The van der Waals surface area contributed by atoms with E-state index in [0.29, 0.717) is 11.8 Å². The zero-order valence-corrected chi connectivity index (χ0v) is 28.1. The van der Waals surface area contributed by atoms with Crippen LogP contribution in [0.4, 0.5) is 0 Å². The van der Waals surface area contributed by atoms with E-state index in [1.54, 1.807) is 0 Å². The average Bonchev–Trinajstić information content (AvgIpc) is 3.80. The first-order valence-corrected chi connectivity index (χ1v) is 17.4. The van der Waals surface area contributed by atoms with E-state index in [1.807, 2.05) is 34.8 Å². The van der Waals surface area contributed by atoms with Crippen LogP contribution < -0.4 is 0 Å². The van der Waals surface area contributed by atoms with Crippen molar-refractivity contribution < 1.29 is 4.42 Å². The SMILES string of the molecule is Cc1ccc2sc3c(-c4cccc(-c5nnc(-c6cccc(-c7cc(C)cc8c7sc7ccc(C)cc78)c6)o5)c4)cc(C)cc3c2c1. The largest absolute Gasteiger partial charge is 0.416 e. The molecule has 0 saturated heterocycles. The summed E-state index contributed by atoms with van der Waals surface area (Å²) in [7, 11) is 0. The topological polar surface area (TPSA) is 38.9 Å². The fourth-order valence-corrected chi connectivity index (χ4v) is 9.20. The van der Waals surface area contributed by atoms with Crippen LogP contribution in [0.5, 0.6) is 0 Å². The van der Waals surface area contributed by atoms with Crippen molar-refractivity contribution in [2.75, 3.05) is 0 Å². The summed E-state index contributed by atoms with van der Waals surface area (Å²) in [5, 5.41) is 14.3. The summed E-state index contributed by atoms with van der Waals surface area (Å²) in [5.41, 5.74) is 11.6. The monoisotopic (exact) mass is 642 g/mol. The minimum atomic E-state index is 0.515. The van der Waals surface area contributed by atoms with Crippen molar-refractivity contribution in [3.8, 4) is 45.2 Å². The molecule has 5 heteroatoms. The second-order valence-corrected chi connectivity index (χ2v) is 14.8. The predicted octanol–water partition coefficient (Wildman–Crippen LogP) is 12.7. The second-order valence-electron chi connectivity index (χ2n) is 12.7. The highest BCUT2D eigenvalue weighted by Crippen LogP contribution is 2.43. The van der Waals surface area contributed by atoms with E-state index in [0.717, 1.165) is 22.3 Å². The number of benzene rings is 6. The summed E-state index contributed by atoms with van der Waals surface area (Å²) >= 11 is 3.71. The van der Waals surface area contributed by atoms with Crippen LogP contribution in [-0.2, 0) is 0 Å². The summed E-state index contributed by atoms with van der Waals surface area (Å²) < 4.78 is 11.6. The molecule has 0 fully saturated rings. The molecule has 3 nitrogen and oxygen atoms in total. The van der Waals surface area contributed by atoms with Gasteiger partial charge in [0.15, 0.2) is 0 Å². The third-order valence-corrected chi connectivity index (χ3v) is 11.4. The van der Waals surface area contributed by atoms with E-state index in [-0.39, 0.29) is 0 Å². The molecule has 0 bridgehead atoms. The number of hydrogen-bond acceptors (Lipinski definition) is 5. The minimum absolute atomic E-state index is 0.515. The standard InChI is InChI=1S/C42H30N2OS2/c1-23-11-13-37-33(15-23)35-19-25(3)17-31(39(35)46-37)27-7-5-9-29(21-27)41-43-44-42(45-41)30-10-6-8-28(22-30)32-18-26(4)20-36-34-16-24(2)12-14-38(34)47-40(32)36/h5-22H,1-4H3. The lowest BCUT2D eigenvalue weighted by atomic mass is 9.98. The smallest absolute Gasteiger partial charge is 0.248 e. The van der Waals surface area contributed by atoms with Gasteiger partial charge in [-0.1, -0.05) is 47.5 Å². The third-order valence-electron chi connectivity index (χ3n) is 9.01. The van der Waals surface area contributed by atoms with E-state index < -0.39 is 0 Å². The molecule has 3 heterocycles. The van der Waals surface area contributed by atoms with E-state index in [1.165, 1.54) is 73.7 Å². The number of fused-ring (bicyclic) bond motifs is 6. The van der Waals surface area contributed by atoms with Crippen molar-refractivity contribution >= 4 is 63.0 Å². The first-order valence-electron chi connectivity index (χ1n) is 15.8. The molecule has 0 radical (unpaired) electrons. The minimum Gasteiger partial charge on any atom is -0.416 e. The zero-order chi connectivity index (χ0) is 31.8. The molecule has 9 aromatic rings. The maximum absolute atomic E-state index is 6.37. The highest BCUT2D eigenvalue weighted by Gasteiger charge is 2.17. The Bertz CT molecular complexity index is 2510. The molecule has 6 aromatic carbocycles. The molecule has 0 atom stereocenters. The number of aryl methyl sites for hydroxylation is 4. The number of rotatable bonds is 4. The predicted molar refractivity (Wildman–Crippen MR) is 201 cm³/mol. The summed E-state index contributed by atoms with van der Waals surface area (Å²) in [5.74, 6) is 1.03. The van der Waals surface area contributed by atoms with Gasteiger partial charge in [-0.15, -0.1) is 32.9 Å². The van der Waals surface area contributed by atoms with Gasteiger partial charge in [0.2, 0.25) is 11.8 Å². The lowest BCUT2D eigenvalue weighted by Gasteiger charge is -2.08. The molecule has 0 aliphatic heterocycles. The third kappa shape index (κ3) is 4.77. The van der Waals surface area contributed by atoms with Crippen LogP contribution in [0.15, 0.2) is 114 Å². The molecule has 0 amide bonds. The zero-order valence-electron chi connectivity index (χ0n) is 26.5. The molecule has 9 rings (SSSR count). The second kappa shape index (κ2) is 10.7. The molecule has 47 heavy (non-hydrogen) atoms. The Hall–Kier alpha value is -5.10. The van der Waals surface area contributed by atoms with Crippen molar-refractivity contribution in [3.05, 3.63) is 131 Å². The molecule has 3 aromatic heterocycles. The number of thiophene rings is 2. The average molecular weight is 643 g/mol. The summed E-state index contributed by atoms with van der Waals surface area (Å²) in [6.45, 7) is 8.67. The van der Waals surface area contributed by atoms with Gasteiger partial charge in [-0.3, -0.25) is 0 Å². The van der Waals surface area contributed by atoms with Gasteiger partial charge in [0.05, 0.1) is 0 Å². The molecule has 0 unspecified atom stereocenters. The molecule has 0 aliphatic rings. The molecular formula is C42H30N2OS2. The van der Waals surface area contributed by atoms with Crippen molar-refractivity contribution in [2.45, 2.75) is 27.7 Å². The van der Waals surface area contributed by atoms with Crippen molar-refractivity contribution in [1.82, 2.24) is 10.2 Å². The van der Waals surface area contributed by atoms with Gasteiger partial charge in [0, 0.05) is 51.5 Å². The van der Waals surface area contributed by atoms with Crippen LogP contribution in [0, 0.1) is 27.7 Å². The van der Waals surface area contributed by atoms with Crippen LogP contribution >= 0.6 is 22.7 Å². The Labute approximate surface area is 280 Å². The van der Waals surface area contributed by atoms with E-state index in [9.17, 15) is 0 Å². The Morgan fingerprint density at radius 3 is 1.32 bits per heavy atom. The maximum Gasteiger partial charge on any atom is 0.248 e. The van der Waals surface area contributed by atoms with Crippen molar-refractivity contribution in [3.63, 3.8) is 0 Å². The van der Waals surface area contributed by atoms with Crippen LogP contribution in [-0.4, -0.2) is 10.2 Å². The normalized spacial score (nSPS) is 11.8. The van der Waals surface area contributed by atoms with Crippen LogP contribution in [0.25, 0.3) is 85.5 Å². The number of hydrogen-bond donors (Lipinski definition) is 0. The molecule has 0 N–H and O–H groups in total. The Balaban J connectivity index is 1.10. The number of aromatic nitrogens is 2. The quantitative estimate of drug-likeness (QED) is 0.192. The highest BCUT2D eigenvalue weighted by atomic mass is 32.1. The fraction of sp³-hybridized carbons (Fsp3) is 0.0952. The maximum atomic E-state index is 6.37. The molecule has 0 saturated carbocycles. The molecule has 0 aliphatic carbocycles. The van der Waals surface area contributed by atoms with E-state index in [4.69, 9.17) is 4.42 Å². The van der Waals surface area contributed by atoms with Gasteiger partial charge >= 0.3 is 0 Å². The lowest BCUT2D eigenvalue weighted by Crippen LogP contribution is -1.84. The Morgan fingerprint density at radius 2 is 0.851 bits per heavy atom. The lowest BCUT2D eigenvalue weighted by molar-refractivity contribution is 0.584. The first kappa shape index (κ1) is 28.1. The fourth-order valence-electron chi connectivity index (χ4n) is 6.80. The first-order chi connectivity index (χ1) is 22.9. The van der Waals surface area contributed by atoms with E-state index in [2.05, 4.69) is 135 Å². The van der Waals surface area contributed by atoms with Gasteiger partial charge in [-0.25, -0.2) is 0 Å². The Morgan fingerprint density at radius 1 is 0.426 bits per heavy atom. The van der Waals surface area contributed by atoms with Crippen LogP contribution in [0.2, 0.25) is 0 Å². The molecular weight excluding hydrogens is 613 g/mol. The van der Waals surface area contributed by atoms with Gasteiger partial charge in [0.25, 0.3) is 0 Å². The van der Waals surface area contributed by atoms with Crippen LogP contribution in [0.1, 0.15) is 22.3 Å². The van der Waals surface area contributed by atoms with Crippen LogP contribution in [0.3, 0.4) is 0 Å². The summed E-state index contributed by atoms with van der Waals surface area (Å²) in [6, 6.07) is 39.6. The van der Waals surface area contributed by atoms with Gasteiger partial charge in [0.1, 0.15) is 0 Å². The van der Waals surface area contributed by atoms with Crippen molar-refractivity contribution in [2.24, 2.45) is 0 Å². The molecule has 0 spiro atoms.